The zero-order valence-electron chi connectivity index (χ0n) is 14.0. The molecule has 1 unspecified atom stereocenters. The minimum Gasteiger partial charge on any atom is -0.330 e. The highest BCUT2D eigenvalue weighted by atomic mass is 19.1. The average Bonchev–Trinajstić information content (AvgIpc) is 2.47. The molecule has 0 saturated carbocycles. The van der Waals surface area contributed by atoms with E-state index in [0.29, 0.717) is 12.1 Å². The van der Waals surface area contributed by atoms with Crippen LogP contribution in [0.2, 0.25) is 0 Å². The van der Waals surface area contributed by atoms with E-state index in [4.69, 9.17) is 5.73 Å². The van der Waals surface area contributed by atoms with Crippen molar-refractivity contribution in [3.05, 3.63) is 71.0 Å². The molecule has 0 bridgehead atoms. The monoisotopic (exact) mass is 299 g/mol. The molecule has 1 nitrogen and oxygen atoms in total. The molecular formula is C20H26FN. The number of halogens is 1. The molecule has 0 spiro atoms. The van der Waals surface area contributed by atoms with Gasteiger partial charge in [-0.05, 0) is 34.6 Å². The molecule has 22 heavy (non-hydrogen) atoms. The van der Waals surface area contributed by atoms with Gasteiger partial charge in [0.2, 0.25) is 0 Å². The van der Waals surface area contributed by atoms with Crippen LogP contribution in [0.4, 0.5) is 4.39 Å². The van der Waals surface area contributed by atoms with Crippen molar-refractivity contribution in [2.45, 2.75) is 44.9 Å². The van der Waals surface area contributed by atoms with Crippen molar-refractivity contribution in [3.63, 3.8) is 0 Å². The van der Waals surface area contributed by atoms with Gasteiger partial charge in [-0.1, -0.05) is 70.2 Å². The highest BCUT2D eigenvalue weighted by molar-refractivity contribution is 5.33. The summed E-state index contributed by atoms with van der Waals surface area (Å²) in [4.78, 5) is 0. The number of nitrogens with two attached hydrogens (primary N) is 1. The third kappa shape index (κ3) is 3.56. The van der Waals surface area contributed by atoms with Gasteiger partial charge in [0.1, 0.15) is 5.82 Å². The minimum absolute atomic E-state index is 0.140. The first-order valence-corrected chi connectivity index (χ1v) is 7.81. The van der Waals surface area contributed by atoms with Gasteiger partial charge in [0.15, 0.2) is 0 Å². The van der Waals surface area contributed by atoms with Crippen molar-refractivity contribution >= 4 is 0 Å². The molecule has 0 aliphatic rings. The molecule has 0 aliphatic heterocycles. The fraction of sp³-hybridized carbons (Fsp3) is 0.400. The second kappa shape index (κ2) is 6.21. The molecule has 0 heterocycles. The summed E-state index contributed by atoms with van der Waals surface area (Å²) in [5.41, 5.74) is 8.91. The van der Waals surface area contributed by atoms with Gasteiger partial charge >= 0.3 is 0 Å². The molecule has 2 rings (SSSR count). The third-order valence-electron chi connectivity index (χ3n) is 4.39. The Bertz CT molecular complexity index is 625. The molecule has 0 radical (unpaired) electrons. The van der Waals surface area contributed by atoms with Gasteiger partial charge in [-0.25, -0.2) is 4.39 Å². The lowest BCUT2D eigenvalue weighted by Gasteiger charge is -2.29. The zero-order valence-corrected chi connectivity index (χ0v) is 14.0. The van der Waals surface area contributed by atoms with Crippen LogP contribution >= 0.6 is 0 Å². The first-order valence-electron chi connectivity index (χ1n) is 7.81. The van der Waals surface area contributed by atoms with Gasteiger partial charge in [-0.2, -0.15) is 0 Å². The second-order valence-corrected chi connectivity index (χ2v) is 7.37. The predicted molar refractivity (Wildman–Crippen MR) is 91.7 cm³/mol. The van der Waals surface area contributed by atoms with Crippen LogP contribution in [0.1, 0.15) is 44.4 Å². The van der Waals surface area contributed by atoms with E-state index >= 15 is 0 Å². The van der Waals surface area contributed by atoms with Gasteiger partial charge in [0, 0.05) is 12.0 Å². The average molecular weight is 299 g/mol. The van der Waals surface area contributed by atoms with Gasteiger partial charge in [0.05, 0.1) is 0 Å². The van der Waals surface area contributed by atoms with E-state index in [1.165, 1.54) is 17.2 Å². The number of hydrogen-bond donors (Lipinski definition) is 1. The van der Waals surface area contributed by atoms with Crippen LogP contribution in [0.3, 0.4) is 0 Å². The van der Waals surface area contributed by atoms with Gasteiger partial charge < -0.3 is 5.73 Å². The lowest BCUT2D eigenvalue weighted by atomic mass is 9.76. The van der Waals surface area contributed by atoms with Crippen LogP contribution in [0.25, 0.3) is 0 Å². The Labute approximate surface area is 133 Å². The fourth-order valence-electron chi connectivity index (χ4n) is 2.80. The first kappa shape index (κ1) is 16.7. The Hall–Kier alpha value is -1.67. The van der Waals surface area contributed by atoms with Crippen molar-refractivity contribution < 1.29 is 4.39 Å². The Morgan fingerprint density at radius 3 is 2.00 bits per heavy atom. The summed E-state index contributed by atoms with van der Waals surface area (Å²) in [6, 6.07) is 15.5. The molecule has 2 aromatic rings. The molecule has 1 atom stereocenters. The van der Waals surface area contributed by atoms with E-state index in [2.05, 4.69) is 45.0 Å². The SMILES string of the molecule is CC(C)(C)c1ccc(CC(C)(CN)c2ccccc2F)cc1. The van der Waals surface area contributed by atoms with Crippen molar-refractivity contribution in [1.82, 2.24) is 0 Å². The van der Waals surface area contributed by atoms with Crippen LogP contribution in [-0.2, 0) is 17.3 Å². The maximum atomic E-state index is 14.1. The van der Waals surface area contributed by atoms with Crippen molar-refractivity contribution in [1.29, 1.82) is 0 Å². The summed E-state index contributed by atoms with van der Waals surface area (Å²) in [7, 11) is 0. The highest BCUT2D eigenvalue weighted by Crippen LogP contribution is 2.30. The van der Waals surface area contributed by atoms with E-state index in [1.807, 2.05) is 19.1 Å². The maximum Gasteiger partial charge on any atom is 0.127 e. The highest BCUT2D eigenvalue weighted by Gasteiger charge is 2.28. The molecule has 0 aliphatic carbocycles. The third-order valence-corrected chi connectivity index (χ3v) is 4.39. The van der Waals surface area contributed by atoms with Crippen LogP contribution in [-0.4, -0.2) is 6.54 Å². The number of rotatable bonds is 4. The molecule has 118 valence electrons. The minimum atomic E-state index is -0.394. The first-order chi connectivity index (χ1) is 10.3. The van der Waals surface area contributed by atoms with Crippen LogP contribution < -0.4 is 5.73 Å². The van der Waals surface area contributed by atoms with Gasteiger partial charge in [0.25, 0.3) is 0 Å². The molecule has 0 aromatic heterocycles. The molecule has 0 amide bonds. The lowest BCUT2D eigenvalue weighted by Crippen LogP contribution is -2.35. The topological polar surface area (TPSA) is 26.0 Å². The summed E-state index contributed by atoms with van der Waals surface area (Å²) >= 11 is 0. The number of benzene rings is 2. The normalized spacial score (nSPS) is 14.6. The summed E-state index contributed by atoms with van der Waals surface area (Å²) in [5, 5.41) is 0. The molecule has 2 N–H and O–H groups in total. The van der Waals surface area contributed by atoms with E-state index in [1.54, 1.807) is 6.07 Å². The summed E-state index contributed by atoms with van der Waals surface area (Å²) < 4.78 is 14.1. The van der Waals surface area contributed by atoms with Crippen molar-refractivity contribution in [2.75, 3.05) is 6.54 Å². The maximum absolute atomic E-state index is 14.1. The largest absolute Gasteiger partial charge is 0.330 e. The Balaban J connectivity index is 2.29. The Morgan fingerprint density at radius 2 is 1.50 bits per heavy atom. The Morgan fingerprint density at radius 1 is 0.909 bits per heavy atom. The molecule has 2 heteroatoms. The van der Waals surface area contributed by atoms with Crippen LogP contribution in [0.15, 0.2) is 48.5 Å². The quantitative estimate of drug-likeness (QED) is 0.878. The van der Waals surface area contributed by atoms with Gasteiger partial charge in [-0.15, -0.1) is 0 Å². The van der Waals surface area contributed by atoms with Crippen LogP contribution in [0.5, 0.6) is 0 Å². The van der Waals surface area contributed by atoms with Crippen LogP contribution in [0, 0.1) is 5.82 Å². The zero-order chi connectivity index (χ0) is 16.4. The molecule has 0 fully saturated rings. The fourth-order valence-corrected chi connectivity index (χ4v) is 2.80. The molecule has 2 aromatic carbocycles. The summed E-state index contributed by atoms with van der Waals surface area (Å²) in [6.45, 7) is 9.04. The Kier molecular flexibility index (Phi) is 4.72. The smallest absolute Gasteiger partial charge is 0.127 e. The van der Waals surface area contributed by atoms with Gasteiger partial charge in [-0.3, -0.25) is 0 Å². The second-order valence-electron chi connectivity index (χ2n) is 7.37. The van der Waals surface area contributed by atoms with E-state index in [9.17, 15) is 4.39 Å². The lowest BCUT2D eigenvalue weighted by molar-refractivity contribution is 0.450. The summed E-state index contributed by atoms with van der Waals surface area (Å²) in [5.74, 6) is -0.179. The van der Waals surface area contributed by atoms with E-state index < -0.39 is 5.41 Å². The molecular weight excluding hydrogens is 273 g/mol. The predicted octanol–water partition coefficient (Wildman–Crippen LogP) is 4.58. The van der Waals surface area contributed by atoms with Crippen molar-refractivity contribution in [3.8, 4) is 0 Å². The van der Waals surface area contributed by atoms with Crippen molar-refractivity contribution in [2.24, 2.45) is 5.73 Å². The summed E-state index contributed by atoms with van der Waals surface area (Å²) in [6.07, 6.45) is 0.731. The number of hydrogen-bond acceptors (Lipinski definition) is 1. The standard InChI is InChI=1S/C20H26FN/c1-19(2,3)16-11-9-15(10-12-16)13-20(4,14-22)17-7-5-6-8-18(17)21/h5-12H,13-14,22H2,1-4H3. The molecule has 0 saturated heterocycles. The van der Waals surface area contributed by atoms with E-state index in [-0.39, 0.29) is 11.2 Å². The van der Waals surface area contributed by atoms with E-state index in [0.717, 1.165) is 6.42 Å².